The fourth-order valence-corrected chi connectivity index (χ4v) is 8.40. The van der Waals surface area contributed by atoms with Crippen molar-refractivity contribution >= 4 is 35.0 Å². The van der Waals surface area contributed by atoms with Crippen molar-refractivity contribution in [3.05, 3.63) is 130 Å². The van der Waals surface area contributed by atoms with Crippen LogP contribution in [0.25, 0.3) is 0 Å². The predicted octanol–water partition coefficient (Wildman–Crippen LogP) is 8.78. The Hall–Kier alpha value is -4.15. The Balaban J connectivity index is 0.000000218. The number of nitrogens with one attached hydrogen (secondary N) is 2. The van der Waals surface area contributed by atoms with E-state index in [-0.39, 0.29) is 54.0 Å². The number of carbonyl (C=O) groups excluding carboxylic acids is 2. The Kier molecular flexibility index (Phi) is 16.2. The molecule has 6 rings (SSSR count). The van der Waals surface area contributed by atoms with Crippen molar-refractivity contribution in [2.75, 3.05) is 41.4 Å². The van der Waals surface area contributed by atoms with Gasteiger partial charge in [0.05, 0.1) is 0 Å². The minimum absolute atomic E-state index is 0.0134. The van der Waals surface area contributed by atoms with Gasteiger partial charge in [-0.05, 0) is 164 Å². The molecule has 0 aromatic heterocycles. The molecule has 0 radical (unpaired) electrons. The molecule has 306 valence electrons. The van der Waals surface area contributed by atoms with Crippen LogP contribution in [0.3, 0.4) is 0 Å². The molecule has 2 saturated carbocycles. The van der Waals surface area contributed by atoms with Crippen LogP contribution in [0.5, 0.6) is 11.5 Å². The Morgan fingerprint density at radius 3 is 1.56 bits per heavy atom. The molecule has 57 heavy (non-hydrogen) atoms. The highest BCUT2D eigenvalue weighted by Crippen LogP contribution is 2.37. The highest BCUT2D eigenvalue weighted by molar-refractivity contribution is 6.30. The molecule has 0 atom stereocenters. The first kappa shape index (κ1) is 44.0. The second-order valence-electron chi connectivity index (χ2n) is 15.9. The summed E-state index contributed by atoms with van der Waals surface area (Å²) in [5.74, 6) is 0.974. The highest BCUT2D eigenvalue weighted by atomic mass is 35.5. The minimum Gasteiger partial charge on any atom is -0.484 e. The number of para-hydroxylation sites is 1. The van der Waals surface area contributed by atoms with Crippen LogP contribution in [0.4, 0.5) is 4.39 Å². The molecule has 2 aliphatic carbocycles. The third-order valence-electron chi connectivity index (χ3n) is 11.6. The van der Waals surface area contributed by atoms with Crippen molar-refractivity contribution in [3.63, 3.8) is 0 Å². The zero-order valence-electron chi connectivity index (χ0n) is 33.6. The number of ether oxygens (including phenoxy) is 2. The molecule has 2 amide bonds. The van der Waals surface area contributed by atoms with Gasteiger partial charge in [0, 0.05) is 33.2 Å². The van der Waals surface area contributed by atoms with E-state index in [4.69, 9.17) is 32.7 Å². The van der Waals surface area contributed by atoms with E-state index in [1.807, 2.05) is 54.6 Å². The average molecular weight is 820 g/mol. The standard InChI is InChI=1S/C23H28Cl2N2O2.C23H29FN2O2/c1-27(2)23(15-17-4-3-5-19(25)14-17)12-10-20(11-13-23)26-22(28)16-29-21-8-6-18(24)7-9-21;1-26(2)23(16-18-8-10-19(24)11-9-18)14-12-20(13-15-23)25-22(27)17-28-21-6-4-3-5-7-21/h3-9,14,20H,10-13,15-16H2,1-2H3,(H,26,28);3-11,20H,12-17H2,1-2H3,(H,25,27). The van der Waals surface area contributed by atoms with Crippen molar-refractivity contribution in [2.45, 2.75) is 87.4 Å². The van der Waals surface area contributed by atoms with Gasteiger partial charge in [0.2, 0.25) is 0 Å². The maximum absolute atomic E-state index is 13.2. The van der Waals surface area contributed by atoms with Gasteiger partial charge in [-0.25, -0.2) is 4.39 Å². The third kappa shape index (κ3) is 13.5. The van der Waals surface area contributed by atoms with E-state index in [0.29, 0.717) is 16.5 Å². The second kappa shape index (κ2) is 21.0. The molecular weight excluding hydrogens is 762 g/mol. The van der Waals surface area contributed by atoms with Gasteiger partial charge >= 0.3 is 0 Å². The van der Waals surface area contributed by atoms with Gasteiger partial charge in [0.15, 0.2) is 13.2 Å². The highest BCUT2D eigenvalue weighted by Gasteiger charge is 2.39. The van der Waals surface area contributed by atoms with Crippen molar-refractivity contribution in [2.24, 2.45) is 0 Å². The topological polar surface area (TPSA) is 83.1 Å². The molecule has 0 heterocycles. The zero-order valence-corrected chi connectivity index (χ0v) is 35.1. The summed E-state index contributed by atoms with van der Waals surface area (Å²) in [6, 6.07) is 31.6. The van der Waals surface area contributed by atoms with Gasteiger partial charge in [-0.3, -0.25) is 9.59 Å². The number of likely N-dealkylation sites (N-methyl/N-ethyl adjacent to an activating group) is 2. The normalized spacial score (nSPS) is 21.9. The van der Waals surface area contributed by atoms with E-state index in [0.717, 1.165) is 74.8 Å². The fourth-order valence-electron chi connectivity index (χ4n) is 8.06. The summed E-state index contributed by atoms with van der Waals surface area (Å²) in [5.41, 5.74) is 2.53. The molecule has 4 aromatic rings. The molecule has 0 aliphatic heterocycles. The molecule has 0 spiro atoms. The van der Waals surface area contributed by atoms with Crippen molar-refractivity contribution in [3.8, 4) is 11.5 Å². The quantitative estimate of drug-likeness (QED) is 0.133. The number of carbonyl (C=O) groups is 2. The first-order valence-electron chi connectivity index (χ1n) is 19.8. The second-order valence-corrected chi connectivity index (χ2v) is 16.7. The molecule has 2 N–H and O–H groups in total. The average Bonchev–Trinajstić information content (AvgIpc) is 3.20. The lowest BCUT2D eigenvalue weighted by atomic mass is 9.75. The minimum atomic E-state index is -0.202. The summed E-state index contributed by atoms with van der Waals surface area (Å²) in [6.45, 7) is 0.0500. The Bertz CT molecular complexity index is 1840. The molecule has 11 heteroatoms. The first-order valence-corrected chi connectivity index (χ1v) is 20.6. The maximum Gasteiger partial charge on any atom is 0.258 e. The number of amides is 2. The summed E-state index contributed by atoms with van der Waals surface area (Å²) < 4.78 is 24.3. The van der Waals surface area contributed by atoms with Crippen molar-refractivity contribution in [1.82, 2.24) is 20.4 Å². The number of benzene rings is 4. The van der Waals surface area contributed by atoms with Crippen LogP contribution in [0.1, 0.15) is 62.5 Å². The Morgan fingerprint density at radius 2 is 1.09 bits per heavy atom. The van der Waals surface area contributed by atoms with Crippen LogP contribution in [-0.4, -0.2) is 86.2 Å². The first-order chi connectivity index (χ1) is 27.3. The molecule has 0 unspecified atom stereocenters. The van der Waals surface area contributed by atoms with Crippen LogP contribution in [0, 0.1) is 5.82 Å². The third-order valence-corrected chi connectivity index (χ3v) is 12.1. The Labute approximate surface area is 348 Å². The maximum atomic E-state index is 13.2. The van der Waals surface area contributed by atoms with Crippen LogP contribution in [-0.2, 0) is 22.4 Å². The van der Waals surface area contributed by atoms with Gasteiger partial charge < -0.3 is 29.9 Å². The number of hydrogen-bond acceptors (Lipinski definition) is 6. The van der Waals surface area contributed by atoms with E-state index in [2.05, 4.69) is 60.8 Å². The molecule has 0 bridgehead atoms. The lowest BCUT2D eigenvalue weighted by Crippen LogP contribution is -2.52. The number of nitrogens with zero attached hydrogens (tertiary/aromatic N) is 2. The molecule has 4 aromatic carbocycles. The molecular formula is C46H57Cl2FN4O4. The largest absolute Gasteiger partial charge is 0.484 e. The Morgan fingerprint density at radius 1 is 0.614 bits per heavy atom. The summed E-state index contributed by atoms with van der Waals surface area (Å²) >= 11 is 12.0. The predicted molar refractivity (Wildman–Crippen MR) is 228 cm³/mol. The van der Waals surface area contributed by atoms with Gasteiger partial charge in [-0.2, -0.15) is 0 Å². The van der Waals surface area contributed by atoms with Crippen molar-refractivity contribution in [1.29, 1.82) is 0 Å². The molecule has 2 aliphatic rings. The fraction of sp³-hybridized carbons (Fsp3) is 0.435. The molecule has 0 saturated heterocycles. The van der Waals surface area contributed by atoms with E-state index in [1.54, 1.807) is 24.3 Å². The van der Waals surface area contributed by atoms with Crippen LogP contribution < -0.4 is 20.1 Å². The van der Waals surface area contributed by atoms with Gasteiger partial charge in [-0.1, -0.05) is 65.7 Å². The smallest absolute Gasteiger partial charge is 0.258 e. The molecule has 8 nitrogen and oxygen atoms in total. The van der Waals surface area contributed by atoms with E-state index in [1.165, 1.54) is 17.7 Å². The summed E-state index contributed by atoms with van der Waals surface area (Å²) in [5, 5.41) is 7.65. The number of halogens is 3. The van der Waals surface area contributed by atoms with E-state index < -0.39 is 0 Å². The van der Waals surface area contributed by atoms with Gasteiger partial charge in [-0.15, -0.1) is 0 Å². The lowest BCUT2D eigenvalue weighted by molar-refractivity contribution is -0.125. The summed E-state index contributed by atoms with van der Waals surface area (Å²) in [6.07, 6.45) is 9.62. The SMILES string of the molecule is CN(C)C1(Cc2ccc(F)cc2)CCC(NC(=O)COc2ccccc2)CC1.CN(C)C1(Cc2cccc(Cl)c2)CCC(NC(=O)COc2ccc(Cl)cc2)CC1. The molecule has 2 fully saturated rings. The lowest BCUT2D eigenvalue weighted by Gasteiger charge is -2.45. The van der Waals surface area contributed by atoms with Crippen LogP contribution in [0.15, 0.2) is 103 Å². The van der Waals surface area contributed by atoms with Crippen LogP contribution >= 0.6 is 23.2 Å². The zero-order chi connectivity index (χ0) is 40.8. The van der Waals surface area contributed by atoms with Crippen LogP contribution in [0.2, 0.25) is 10.0 Å². The van der Waals surface area contributed by atoms with Crippen molar-refractivity contribution < 1.29 is 23.5 Å². The van der Waals surface area contributed by atoms with E-state index >= 15 is 0 Å². The number of hydrogen-bond donors (Lipinski definition) is 2. The number of rotatable bonds is 14. The van der Waals surface area contributed by atoms with E-state index in [9.17, 15) is 14.0 Å². The summed E-state index contributed by atoms with van der Waals surface area (Å²) in [4.78, 5) is 29.1. The van der Waals surface area contributed by atoms with Gasteiger partial charge in [0.25, 0.3) is 11.8 Å². The van der Waals surface area contributed by atoms with Gasteiger partial charge in [0.1, 0.15) is 17.3 Å². The summed E-state index contributed by atoms with van der Waals surface area (Å²) in [7, 11) is 8.50. The monoisotopic (exact) mass is 818 g/mol.